The van der Waals surface area contributed by atoms with Crippen LogP contribution in [0.1, 0.15) is 16.1 Å². The van der Waals surface area contributed by atoms with Crippen LogP contribution < -0.4 is 0 Å². The number of nitrogens with zero attached hydrogens (tertiary/aromatic N) is 2. The largest absolute Gasteiger partial charge is 0.351 e. The van der Waals surface area contributed by atoms with Gasteiger partial charge in [-0.05, 0) is 29.8 Å². The van der Waals surface area contributed by atoms with E-state index in [1.54, 1.807) is 0 Å². The molecule has 3 aromatic rings. The third-order valence-electron chi connectivity index (χ3n) is 4.95. The van der Waals surface area contributed by atoms with E-state index in [1.807, 2.05) is 47.4 Å². The van der Waals surface area contributed by atoms with Gasteiger partial charge in [-0.25, -0.2) is 0 Å². The molecule has 0 spiro atoms. The number of piperazine rings is 1. The zero-order valence-electron chi connectivity index (χ0n) is 15.1. The minimum Gasteiger partial charge on any atom is -0.351 e. The van der Waals surface area contributed by atoms with E-state index in [-0.39, 0.29) is 5.91 Å². The summed E-state index contributed by atoms with van der Waals surface area (Å²) >= 11 is 6.03. The molecule has 2 heterocycles. The lowest BCUT2D eigenvalue weighted by Gasteiger charge is -2.33. The monoisotopic (exact) mass is 379 g/mol. The maximum Gasteiger partial charge on any atom is 0.270 e. The van der Waals surface area contributed by atoms with Crippen LogP contribution in [-0.2, 0) is 0 Å². The Bertz CT molecular complexity index is 956. The molecule has 1 aromatic heterocycles. The molecule has 0 atom stereocenters. The number of carbonyl (C=O) groups excluding carboxylic acids is 1. The molecular weight excluding hydrogens is 358 g/mol. The van der Waals surface area contributed by atoms with Gasteiger partial charge < -0.3 is 9.88 Å². The first-order valence-corrected chi connectivity index (χ1v) is 9.58. The number of carbonyl (C=O) groups is 1. The molecule has 0 unspecified atom stereocenters. The summed E-state index contributed by atoms with van der Waals surface area (Å²) in [5.74, 6) is 0.0572. The molecule has 138 valence electrons. The minimum absolute atomic E-state index is 0.0572. The van der Waals surface area contributed by atoms with Gasteiger partial charge in [-0.15, -0.1) is 0 Å². The zero-order valence-corrected chi connectivity index (χ0v) is 15.8. The Labute approximate surface area is 164 Å². The van der Waals surface area contributed by atoms with Crippen LogP contribution in [0.3, 0.4) is 0 Å². The number of fused-ring (bicyclic) bond motifs is 1. The normalized spacial score (nSPS) is 15.7. The summed E-state index contributed by atoms with van der Waals surface area (Å²) in [6, 6.07) is 17.8. The number of hydrogen-bond donors (Lipinski definition) is 1. The first-order valence-electron chi connectivity index (χ1n) is 9.20. The van der Waals surface area contributed by atoms with Crippen LogP contribution >= 0.6 is 11.6 Å². The zero-order chi connectivity index (χ0) is 18.6. The van der Waals surface area contributed by atoms with E-state index in [0.29, 0.717) is 10.7 Å². The van der Waals surface area contributed by atoms with Crippen molar-refractivity contribution >= 4 is 34.5 Å². The van der Waals surface area contributed by atoms with Crippen LogP contribution in [0.2, 0.25) is 5.02 Å². The SMILES string of the molecule is O=C(c1cc2cc(Cl)ccc2[nH]1)N1CCN(C/C=C/c2ccccc2)CC1. The average molecular weight is 380 g/mol. The number of aromatic amines is 1. The molecule has 2 aromatic carbocycles. The van der Waals surface area contributed by atoms with E-state index in [4.69, 9.17) is 11.6 Å². The molecule has 5 heteroatoms. The molecule has 4 nitrogen and oxygen atoms in total. The van der Waals surface area contributed by atoms with Crippen molar-refractivity contribution < 1.29 is 4.79 Å². The molecule has 1 fully saturated rings. The second-order valence-electron chi connectivity index (χ2n) is 6.82. The lowest BCUT2D eigenvalue weighted by Crippen LogP contribution is -2.48. The van der Waals surface area contributed by atoms with E-state index in [9.17, 15) is 4.79 Å². The molecule has 1 N–H and O–H groups in total. The maximum atomic E-state index is 12.8. The summed E-state index contributed by atoms with van der Waals surface area (Å²) in [5, 5.41) is 1.65. The topological polar surface area (TPSA) is 39.3 Å². The summed E-state index contributed by atoms with van der Waals surface area (Å²) in [7, 11) is 0. The Morgan fingerprint density at radius 2 is 1.81 bits per heavy atom. The lowest BCUT2D eigenvalue weighted by atomic mass is 10.2. The smallest absolute Gasteiger partial charge is 0.270 e. The molecule has 1 amide bonds. The first-order chi connectivity index (χ1) is 13.2. The number of amides is 1. The van der Waals surface area contributed by atoms with Gasteiger partial charge in [-0.1, -0.05) is 54.1 Å². The number of nitrogens with one attached hydrogen (secondary N) is 1. The van der Waals surface area contributed by atoms with E-state index < -0.39 is 0 Å². The summed E-state index contributed by atoms with van der Waals surface area (Å²) in [5.41, 5.74) is 2.78. The predicted molar refractivity (Wildman–Crippen MR) is 111 cm³/mol. The molecule has 0 bridgehead atoms. The number of hydrogen-bond acceptors (Lipinski definition) is 2. The predicted octanol–water partition coefficient (Wildman–Crippen LogP) is 4.29. The molecule has 4 rings (SSSR count). The van der Waals surface area contributed by atoms with Crippen LogP contribution in [0, 0.1) is 0 Å². The van der Waals surface area contributed by atoms with Crippen molar-refractivity contribution in [1.29, 1.82) is 0 Å². The van der Waals surface area contributed by atoms with Crippen molar-refractivity contribution in [1.82, 2.24) is 14.8 Å². The van der Waals surface area contributed by atoms with Crippen molar-refractivity contribution in [2.75, 3.05) is 32.7 Å². The van der Waals surface area contributed by atoms with Gasteiger partial charge in [0.2, 0.25) is 0 Å². The number of halogens is 1. The first kappa shape index (κ1) is 17.8. The second kappa shape index (κ2) is 7.99. The highest BCUT2D eigenvalue weighted by molar-refractivity contribution is 6.31. The average Bonchev–Trinajstić information content (AvgIpc) is 3.12. The molecule has 1 aliphatic rings. The van der Waals surface area contributed by atoms with Gasteiger partial charge in [0.05, 0.1) is 0 Å². The van der Waals surface area contributed by atoms with Gasteiger partial charge in [-0.2, -0.15) is 0 Å². The van der Waals surface area contributed by atoms with Crippen molar-refractivity contribution in [3.8, 4) is 0 Å². The number of benzene rings is 2. The van der Waals surface area contributed by atoms with Gasteiger partial charge >= 0.3 is 0 Å². The summed E-state index contributed by atoms with van der Waals surface area (Å²) < 4.78 is 0. The van der Waals surface area contributed by atoms with Gasteiger partial charge in [0.15, 0.2) is 0 Å². The van der Waals surface area contributed by atoms with Crippen LogP contribution in [0.5, 0.6) is 0 Å². The standard InChI is InChI=1S/C22H22ClN3O/c23-19-8-9-20-18(15-19)16-21(24-20)22(27)26-13-11-25(12-14-26)10-4-7-17-5-2-1-3-6-17/h1-9,15-16,24H,10-14H2/b7-4+. The summed E-state index contributed by atoms with van der Waals surface area (Å²) in [6.45, 7) is 4.16. The van der Waals surface area contributed by atoms with Crippen LogP contribution in [0.4, 0.5) is 0 Å². The quantitative estimate of drug-likeness (QED) is 0.734. The van der Waals surface area contributed by atoms with Gasteiger partial charge in [-0.3, -0.25) is 9.69 Å². The fourth-order valence-corrected chi connectivity index (χ4v) is 3.61. The molecule has 27 heavy (non-hydrogen) atoms. The van der Waals surface area contributed by atoms with Crippen molar-refractivity contribution in [2.24, 2.45) is 0 Å². The van der Waals surface area contributed by atoms with E-state index in [2.05, 4.69) is 34.2 Å². The number of aromatic nitrogens is 1. The van der Waals surface area contributed by atoms with E-state index in [1.165, 1.54) is 5.56 Å². The highest BCUT2D eigenvalue weighted by Crippen LogP contribution is 2.21. The Hall–Kier alpha value is -2.56. The molecular formula is C22H22ClN3O. The van der Waals surface area contributed by atoms with Crippen LogP contribution in [0.15, 0.2) is 60.7 Å². The van der Waals surface area contributed by atoms with Crippen LogP contribution in [-0.4, -0.2) is 53.4 Å². The number of H-pyrrole nitrogens is 1. The van der Waals surface area contributed by atoms with Crippen molar-refractivity contribution in [2.45, 2.75) is 0 Å². The number of rotatable bonds is 4. The minimum atomic E-state index is 0.0572. The second-order valence-corrected chi connectivity index (χ2v) is 7.26. The summed E-state index contributed by atoms with van der Waals surface area (Å²) in [4.78, 5) is 20.3. The summed E-state index contributed by atoms with van der Waals surface area (Å²) in [6.07, 6.45) is 4.33. The Morgan fingerprint density at radius 3 is 2.59 bits per heavy atom. The van der Waals surface area contributed by atoms with Gasteiger partial charge in [0.1, 0.15) is 5.69 Å². The molecule has 0 saturated carbocycles. The Balaban J connectivity index is 1.33. The lowest BCUT2D eigenvalue weighted by molar-refractivity contribution is 0.0645. The molecule has 1 saturated heterocycles. The van der Waals surface area contributed by atoms with Crippen LogP contribution in [0.25, 0.3) is 17.0 Å². The Kier molecular flexibility index (Phi) is 5.28. The fraction of sp³-hybridized carbons (Fsp3) is 0.227. The third-order valence-corrected chi connectivity index (χ3v) is 5.18. The Morgan fingerprint density at radius 1 is 1.04 bits per heavy atom. The highest BCUT2D eigenvalue weighted by atomic mass is 35.5. The van der Waals surface area contributed by atoms with Crippen molar-refractivity contribution in [3.63, 3.8) is 0 Å². The van der Waals surface area contributed by atoms with Gasteiger partial charge in [0, 0.05) is 48.6 Å². The molecule has 0 aliphatic carbocycles. The third kappa shape index (κ3) is 4.24. The van der Waals surface area contributed by atoms with Crippen molar-refractivity contribution in [3.05, 3.63) is 77.0 Å². The van der Waals surface area contributed by atoms with E-state index >= 15 is 0 Å². The van der Waals surface area contributed by atoms with E-state index in [0.717, 1.165) is 43.6 Å². The van der Waals surface area contributed by atoms with Gasteiger partial charge in [0.25, 0.3) is 5.91 Å². The molecule has 1 aliphatic heterocycles. The highest BCUT2D eigenvalue weighted by Gasteiger charge is 2.22. The maximum absolute atomic E-state index is 12.8. The fourth-order valence-electron chi connectivity index (χ4n) is 3.42. The molecule has 0 radical (unpaired) electrons.